The Kier molecular flexibility index (Phi) is 5.21. The summed E-state index contributed by atoms with van der Waals surface area (Å²) < 4.78 is 1.79. The Morgan fingerprint density at radius 3 is 2.84 bits per heavy atom. The number of nitrogens with one attached hydrogen (secondary N) is 1. The van der Waals surface area contributed by atoms with Crippen molar-refractivity contribution in [3.63, 3.8) is 0 Å². The summed E-state index contributed by atoms with van der Waals surface area (Å²) in [5, 5.41) is 7.88. The van der Waals surface area contributed by atoms with Gasteiger partial charge in [0.1, 0.15) is 12.4 Å². The smallest absolute Gasteiger partial charge is 0.244 e. The highest BCUT2D eigenvalue weighted by Gasteiger charge is 2.21. The van der Waals surface area contributed by atoms with Gasteiger partial charge in [0, 0.05) is 24.8 Å². The molecule has 0 aromatic carbocycles. The molecule has 3 heterocycles. The maximum atomic E-state index is 12.6. The third kappa shape index (κ3) is 4.49. The Labute approximate surface area is 148 Å². The Morgan fingerprint density at radius 2 is 2.16 bits per heavy atom. The lowest BCUT2D eigenvalue weighted by atomic mass is 10.1. The normalized spacial score (nSPS) is 18.0. The van der Waals surface area contributed by atoms with Crippen molar-refractivity contribution < 1.29 is 4.79 Å². The van der Waals surface area contributed by atoms with E-state index in [1.807, 2.05) is 30.9 Å². The Hall–Kier alpha value is -2.57. The maximum Gasteiger partial charge on any atom is 0.244 e. The largest absolute Gasteiger partial charge is 0.384 e. The molecule has 0 aliphatic carbocycles. The fraction of sp³-hybridized carbons (Fsp3) is 0.500. The average Bonchev–Trinajstić information content (AvgIpc) is 2.76. The van der Waals surface area contributed by atoms with E-state index in [2.05, 4.69) is 15.4 Å². The fourth-order valence-corrected chi connectivity index (χ4v) is 3.28. The molecule has 3 N–H and O–H groups in total. The van der Waals surface area contributed by atoms with Crippen molar-refractivity contribution in [2.75, 3.05) is 24.1 Å². The zero-order valence-corrected chi connectivity index (χ0v) is 14.9. The van der Waals surface area contributed by atoms with Crippen molar-refractivity contribution in [2.45, 2.75) is 45.7 Å². The van der Waals surface area contributed by atoms with E-state index in [-0.39, 0.29) is 5.91 Å². The van der Waals surface area contributed by atoms with E-state index in [1.54, 1.807) is 16.9 Å². The van der Waals surface area contributed by atoms with Crippen molar-refractivity contribution in [1.29, 1.82) is 0 Å². The first-order valence-corrected chi connectivity index (χ1v) is 8.78. The molecule has 1 aliphatic heterocycles. The summed E-state index contributed by atoms with van der Waals surface area (Å²) in [7, 11) is 0. The number of nitrogen functional groups attached to an aromatic ring is 1. The molecule has 1 aliphatic rings. The fourth-order valence-electron chi connectivity index (χ4n) is 3.28. The van der Waals surface area contributed by atoms with Crippen LogP contribution in [0.3, 0.4) is 0 Å². The number of pyridine rings is 1. The molecule has 2 aromatic rings. The predicted molar refractivity (Wildman–Crippen MR) is 98.2 cm³/mol. The number of anilines is 2. The maximum absolute atomic E-state index is 12.6. The van der Waals surface area contributed by atoms with E-state index in [9.17, 15) is 4.79 Å². The molecule has 0 radical (unpaired) electrons. The van der Waals surface area contributed by atoms with Gasteiger partial charge in [-0.2, -0.15) is 5.10 Å². The van der Waals surface area contributed by atoms with Crippen molar-refractivity contribution in [3.05, 3.63) is 35.8 Å². The first-order chi connectivity index (χ1) is 12.0. The van der Waals surface area contributed by atoms with E-state index >= 15 is 0 Å². The number of amides is 1. The quantitative estimate of drug-likeness (QED) is 0.887. The van der Waals surface area contributed by atoms with Gasteiger partial charge >= 0.3 is 0 Å². The Bertz CT molecular complexity index is 724. The molecule has 2 aromatic heterocycles. The molecule has 3 rings (SSSR count). The number of aromatic nitrogens is 3. The molecule has 7 heteroatoms. The number of likely N-dealkylation sites (tertiary alicyclic amines) is 1. The molecule has 1 saturated heterocycles. The first kappa shape index (κ1) is 17.3. The van der Waals surface area contributed by atoms with Gasteiger partial charge in [0.2, 0.25) is 5.91 Å². The van der Waals surface area contributed by atoms with Gasteiger partial charge in [-0.1, -0.05) is 0 Å². The van der Waals surface area contributed by atoms with Crippen LogP contribution in [0.25, 0.3) is 0 Å². The van der Waals surface area contributed by atoms with Crippen molar-refractivity contribution >= 4 is 17.4 Å². The number of nitrogens with zero attached hydrogens (tertiary/aromatic N) is 4. The number of nitrogens with two attached hydrogens (primary N) is 1. The SMILES string of the molecule is Cc1cc(C)n(CC(=O)N2CCC[C@@H](Nc3ccc(N)nc3)CC2)n1. The molecule has 1 atom stereocenters. The molecule has 1 amide bonds. The highest BCUT2D eigenvalue weighted by molar-refractivity contribution is 5.76. The van der Waals surface area contributed by atoms with Gasteiger partial charge in [-0.25, -0.2) is 4.98 Å². The van der Waals surface area contributed by atoms with Gasteiger partial charge in [0.05, 0.1) is 17.6 Å². The molecule has 0 saturated carbocycles. The summed E-state index contributed by atoms with van der Waals surface area (Å²) in [5.74, 6) is 0.661. The first-order valence-electron chi connectivity index (χ1n) is 8.78. The third-order valence-electron chi connectivity index (χ3n) is 4.63. The van der Waals surface area contributed by atoms with Crippen molar-refractivity contribution in [2.24, 2.45) is 0 Å². The Morgan fingerprint density at radius 1 is 1.32 bits per heavy atom. The third-order valence-corrected chi connectivity index (χ3v) is 4.63. The average molecular weight is 342 g/mol. The number of carbonyl (C=O) groups is 1. The lowest BCUT2D eigenvalue weighted by molar-refractivity contribution is -0.132. The molecule has 0 unspecified atom stereocenters. The standard InChI is InChI=1S/C18H26N6O/c1-13-10-14(2)24(22-13)12-18(25)23-8-3-4-15(7-9-23)21-16-5-6-17(19)20-11-16/h5-6,10-11,15,21H,3-4,7-9,12H2,1-2H3,(H2,19,20)/t15-/m1/s1. The van der Waals surface area contributed by atoms with Gasteiger partial charge < -0.3 is 16.0 Å². The van der Waals surface area contributed by atoms with Crippen LogP contribution in [-0.2, 0) is 11.3 Å². The minimum Gasteiger partial charge on any atom is -0.384 e. The van der Waals surface area contributed by atoms with Crippen LogP contribution in [0.5, 0.6) is 0 Å². The number of rotatable bonds is 4. The van der Waals surface area contributed by atoms with Crippen LogP contribution in [0.4, 0.5) is 11.5 Å². The minimum atomic E-state index is 0.140. The second-order valence-electron chi connectivity index (χ2n) is 6.71. The lowest BCUT2D eigenvalue weighted by Crippen LogP contribution is -2.35. The second kappa shape index (κ2) is 7.55. The second-order valence-corrected chi connectivity index (χ2v) is 6.71. The number of carbonyl (C=O) groups excluding carboxylic acids is 1. The lowest BCUT2D eigenvalue weighted by Gasteiger charge is -2.21. The molecule has 7 nitrogen and oxygen atoms in total. The Balaban J connectivity index is 1.54. The van der Waals surface area contributed by atoms with Crippen LogP contribution in [0, 0.1) is 13.8 Å². The van der Waals surface area contributed by atoms with Gasteiger partial charge in [-0.15, -0.1) is 0 Å². The molecule has 25 heavy (non-hydrogen) atoms. The van der Waals surface area contributed by atoms with Crippen molar-refractivity contribution in [3.8, 4) is 0 Å². The molecular formula is C18H26N6O. The van der Waals surface area contributed by atoms with Crippen LogP contribution in [0.2, 0.25) is 0 Å². The molecule has 134 valence electrons. The van der Waals surface area contributed by atoms with Crippen LogP contribution in [0.1, 0.15) is 30.7 Å². The van der Waals surface area contributed by atoms with E-state index in [0.29, 0.717) is 18.4 Å². The zero-order chi connectivity index (χ0) is 17.8. The topological polar surface area (TPSA) is 89.1 Å². The van der Waals surface area contributed by atoms with Gasteiger partial charge in [0.15, 0.2) is 0 Å². The summed E-state index contributed by atoms with van der Waals surface area (Å²) in [6, 6.07) is 6.08. The van der Waals surface area contributed by atoms with Crippen LogP contribution in [-0.4, -0.2) is 44.7 Å². The van der Waals surface area contributed by atoms with Crippen molar-refractivity contribution in [1.82, 2.24) is 19.7 Å². The van der Waals surface area contributed by atoms with Gasteiger partial charge in [-0.3, -0.25) is 9.48 Å². The van der Waals surface area contributed by atoms with Crippen LogP contribution >= 0.6 is 0 Å². The zero-order valence-electron chi connectivity index (χ0n) is 14.9. The number of aryl methyl sites for hydroxylation is 2. The van der Waals surface area contributed by atoms with E-state index < -0.39 is 0 Å². The summed E-state index contributed by atoms with van der Waals surface area (Å²) in [5.41, 5.74) is 8.57. The monoisotopic (exact) mass is 342 g/mol. The highest BCUT2D eigenvalue weighted by atomic mass is 16.2. The predicted octanol–water partition coefficient (Wildman–Crippen LogP) is 1.97. The number of hydrogen-bond acceptors (Lipinski definition) is 5. The number of hydrogen-bond donors (Lipinski definition) is 2. The van der Waals surface area contributed by atoms with Gasteiger partial charge in [-0.05, 0) is 51.3 Å². The summed E-state index contributed by atoms with van der Waals surface area (Å²) in [6.45, 7) is 5.81. The van der Waals surface area contributed by atoms with Gasteiger partial charge in [0.25, 0.3) is 0 Å². The summed E-state index contributed by atoms with van der Waals surface area (Å²) >= 11 is 0. The molecular weight excluding hydrogens is 316 g/mol. The molecule has 0 bridgehead atoms. The van der Waals surface area contributed by atoms with E-state index in [0.717, 1.165) is 49.4 Å². The summed E-state index contributed by atoms with van der Waals surface area (Å²) in [6.07, 6.45) is 4.70. The highest BCUT2D eigenvalue weighted by Crippen LogP contribution is 2.17. The minimum absolute atomic E-state index is 0.140. The van der Waals surface area contributed by atoms with Crippen LogP contribution in [0.15, 0.2) is 24.4 Å². The van der Waals surface area contributed by atoms with E-state index in [1.165, 1.54) is 0 Å². The van der Waals surface area contributed by atoms with E-state index in [4.69, 9.17) is 5.73 Å². The van der Waals surface area contributed by atoms with Crippen LogP contribution < -0.4 is 11.1 Å². The summed E-state index contributed by atoms with van der Waals surface area (Å²) in [4.78, 5) is 18.7. The molecule has 0 spiro atoms. The molecule has 1 fully saturated rings.